The van der Waals surface area contributed by atoms with Crippen LogP contribution in [0.15, 0.2) is 39.5 Å². The fraction of sp³-hybridized carbons (Fsp3) is 0.423. The van der Waals surface area contributed by atoms with Crippen LogP contribution in [-0.4, -0.2) is 120 Å². The average molecular weight is 596 g/mol. The standard InChI is InChI=1S/C26H28O16/c27-6-14-17(32)20(35)22(37)25(40-14)38-9-4-12(31)16-13(5-9)39-23(8-1-2-10(29)11(30)3-8)24(19(16)34)42-26-21(36)18(33)15(7-28)41-26/h1-5,14-15,17-18,20-22,25-33,35-37H,6-7H2/t14-,15+,17-,18+,20+,21-,22-,25-,26+/m1/s1. The zero-order valence-corrected chi connectivity index (χ0v) is 21.4. The molecule has 2 aliphatic rings. The third kappa shape index (κ3) is 5.19. The van der Waals surface area contributed by atoms with Gasteiger partial charge in [0.2, 0.25) is 23.8 Å². The van der Waals surface area contributed by atoms with Gasteiger partial charge in [0.25, 0.3) is 0 Å². The van der Waals surface area contributed by atoms with E-state index in [4.69, 9.17) is 23.4 Å². The largest absolute Gasteiger partial charge is 0.507 e. The Morgan fingerprint density at radius 2 is 1.29 bits per heavy atom. The molecule has 0 amide bonds. The van der Waals surface area contributed by atoms with E-state index in [0.717, 1.165) is 24.3 Å². The second kappa shape index (κ2) is 11.5. The molecule has 2 fully saturated rings. The first-order valence-electron chi connectivity index (χ1n) is 12.6. The molecule has 5 rings (SSSR count). The smallest absolute Gasteiger partial charge is 0.239 e. The van der Waals surface area contributed by atoms with Crippen molar-refractivity contribution in [3.05, 3.63) is 40.6 Å². The van der Waals surface area contributed by atoms with Gasteiger partial charge in [-0.2, -0.15) is 0 Å². The minimum atomic E-state index is -1.78. The quantitative estimate of drug-likeness (QED) is 0.127. The highest BCUT2D eigenvalue weighted by molar-refractivity contribution is 5.88. The summed E-state index contributed by atoms with van der Waals surface area (Å²) in [6.45, 7) is -1.40. The monoisotopic (exact) mass is 596 g/mol. The average Bonchev–Trinajstić information content (AvgIpc) is 3.23. The lowest BCUT2D eigenvalue weighted by Gasteiger charge is -2.39. The van der Waals surface area contributed by atoms with Gasteiger partial charge in [0.1, 0.15) is 65.2 Å². The molecule has 2 saturated heterocycles. The zero-order chi connectivity index (χ0) is 30.5. The summed E-state index contributed by atoms with van der Waals surface area (Å²) in [6, 6.07) is 5.41. The van der Waals surface area contributed by atoms with Crippen molar-refractivity contribution < 1.29 is 74.4 Å². The molecule has 0 aliphatic carbocycles. The molecule has 16 heteroatoms. The summed E-state index contributed by atoms with van der Waals surface area (Å²) in [6.07, 6.45) is -14.3. The van der Waals surface area contributed by atoms with Crippen LogP contribution in [0.5, 0.6) is 28.7 Å². The second-order valence-electron chi connectivity index (χ2n) is 9.75. The van der Waals surface area contributed by atoms with Crippen LogP contribution < -0.4 is 14.9 Å². The number of benzene rings is 2. The van der Waals surface area contributed by atoms with E-state index < -0.39 is 102 Å². The van der Waals surface area contributed by atoms with Gasteiger partial charge in [0.05, 0.1) is 13.2 Å². The molecule has 42 heavy (non-hydrogen) atoms. The van der Waals surface area contributed by atoms with Gasteiger partial charge in [0.15, 0.2) is 17.3 Å². The van der Waals surface area contributed by atoms with Crippen LogP contribution in [0.4, 0.5) is 0 Å². The summed E-state index contributed by atoms with van der Waals surface area (Å²) in [4.78, 5) is 13.6. The lowest BCUT2D eigenvalue weighted by molar-refractivity contribution is -0.277. The van der Waals surface area contributed by atoms with E-state index in [9.17, 15) is 55.9 Å². The van der Waals surface area contributed by atoms with Gasteiger partial charge in [-0.15, -0.1) is 0 Å². The molecule has 1 aromatic heterocycles. The van der Waals surface area contributed by atoms with Crippen LogP contribution in [0.1, 0.15) is 0 Å². The number of fused-ring (bicyclic) bond motifs is 1. The predicted octanol–water partition coefficient (Wildman–Crippen LogP) is -2.43. The minimum absolute atomic E-state index is 0.0224. The SMILES string of the molecule is O=c1c(O[C@@H]2O[C@@H](CO)[C@H](O)[C@H]2O)c(-c2ccc(O)c(O)c2)oc2cc(O[C@@H]3O[C@H](CO)[C@@H](O)[C@H](O)[C@H]3O)cc(O)c12. The molecule has 0 spiro atoms. The Kier molecular flexibility index (Phi) is 8.17. The number of aliphatic hydroxyl groups is 7. The number of aliphatic hydroxyl groups excluding tert-OH is 7. The summed E-state index contributed by atoms with van der Waals surface area (Å²) in [5.74, 6) is -3.08. The summed E-state index contributed by atoms with van der Waals surface area (Å²) < 4.78 is 27.6. The summed E-state index contributed by atoms with van der Waals surface area (Å²) in [7, 11) is 0. The number of hydrogen-bond donors (Lipinski definition) is 10. The van der Waals surface area contributed by atoms with Crippen molar-refractivity contribution in [2.45, 2.75) is 55.3 Å². The molecule has 0 bridgehead atoms. The van der Waals surface area contributed by atoms with Gasteiger partial charge in [-0.25, -0.2) is 0 Å². The highest BCUT2D eigenvalue weighted by Gasteiger charge is 2.46. The lowest BCUT2D eigenvalue weighted by atomic mass is 9.99. The molecule has 0 unspecified atom stereocenters. The van der Waals surface area contributed by atoms with E-state index in [2.05, 4.69) is 0 Å². The Morgan fingerprint density at radius 1 is 0.690 bits per heavy atom. The highest BCUT2D eigenvalue weighted by atomic mass is 16.7. The van der Waals surface area contributed by atoms with Gasteiger partial charge in [0, 0.05) is 17.7 Å². The number of hydrogen-bond acceptors (Lipinski definition) is 16. The molecule has 2 aliphatic heterocycles. The second-order valence-corrected chi connectivity index (χ2v) is 9.75. The fourth-order valence-electron chi connectivity index (χ4n) is 4.67. The molecule has 0 saturated carbocycles. The maximum atomic E-state index is 13.6. The molecule has 16 nitrogen and oxygen atoms in total. The third-order valence-electron chi connectivity index (χ3n) is 6.98. The van der Waals surface area contributed by atoms with E-state index in [1.54, 1.807) is 0 Å². The van der Waals surface area contributed by atoms with E-state index in [0.29, 0.717) is 0 Å². The van der Waals surface area contributed by atoms with Gasteiger partial charge in [-0.1, -0.05) is 0 Å². The van der Waals surface area contributed by atoms with Crippen molar-refractivity contribution in [2.24, 2.45) is 0 Å². The molecule has 228 valence electrons. The molecule has 10 N–H and O–H groups in total. The topological polar surface area (TPSA) is 269 Å². The van der Waals surface area contributed by atoms with Crippen molar-refractivity contribution in [3.63, 3.8) is 0 Å². The summed E-state index contributed by atoms with van der Waals surface area (Å²) in [5, 5.41) is 99.7. The highest BCUT2D eigenvalue weighted by Crippen LogP contribution is 2.40. The molecular weight excluding hydrogens is 568 g/mol. The van der Waals surface area contributed by atoms with Crippen LogP contribution >= 0.6 is 0 Å². The van der Waals surface area contributed by atoms with Crippen LogP contribution in [0.3, 0.4) is 0 Å². The number of rotatable bonds is 7. The lowest BCUT2D eigenvalue weighted by Crippen LogP contribution is -2.60. The Hall–Kier alpha value is -3.71. The van der Waals surface area contributed by atoms with Crippen LogP contribution in [-0.2, 0) is 9.47 Å². The Bertz CT molecular complexity index is 1500. The van der Waals surface area contributed by atoms with Gasteiger partial charge < -0.3 is 74.4 Å². The van der Waals surface area contributed by atoms with E-state index >= 15 is 0 Å². The fourth-order valence-corrected chi connectivity index (χ4v) is 4.67. The zero-order valence-electron chi connectivity index (χ0n) is 21.4. The van der Waals surface area contributed by atoms with Gasteiger partial charge in [-0.05, 0) is 18.2 Å². The van der Waals surface area contributed by atoms with E-state index in [1.165, 1.54) is 6.07 Å². The molecule has 2 aromatic carbocycles. The van der Waals surface area contributed by atoms with Crippen molar-refractivity contribution in [2.75, 3.05) is 13.2 Å². The molecule has 3 aromatic rings. The van der Waals surface area contributed by atoms with E-state index in [1.807, 2.05) is 0 Å². The number of ether oxygens (including phenoxy) is 4. The first-order chi connectivity index (χ1) is 19.9. The van der Waals surface area contributed by atoms with E-state index in [-0.39, 0.29) is 22.7 Å². The van der Waals surface area contributed by atoms with Crippen LogP contribution in [0.2, 0.25) is 0 Å². The predicted molar refractivity (Wildman–Crippen MR) is 136 cm³/mol. The van der Waals surface area contributed by atoms with Gasteiger partial charge >= 0.3 is 0 Å². The molecular formula is C26H28O16. The number of phenolic OH excluding ortho intramolecular Hbond substituents is 3. The summed E-state index contributed by atoms with van der Waals surface area (Å²) in [5.41, 5.74) is -1.35. The van der Waals surface area contributed by atoms with Crippen LogP contribution in [0, 0.1) is 0 Å². The summed E-state index contributed by atoms with van der Waals surface area (Å²) >= 11 is 0. The normalized spacial score (nSPS) is 31.4. The van der Waals surface area contributed by atoms with Crippen molar-refractivity contribution in [1.82, 2.24) is 0 Å². The van der Waals surface area contributed by atoms with Crippen molar-refractivity contribution in [1.29, 1.82) is 0 Å². The van der Waals surface area contributed by atoms with Crippen molar-refractivity contribution >= 4 is 11.0 Å². The molecule has 0 radical (unpaired) electrons. The maximum Gasteiger partial charge on any atom is 0.239 e. The number of phenols is 3. The van der Waals surface area contributed by atoms with Crippen LogP contribution in [0.25, 0.3) is 22.3 Å². The molecule has 3 heterocycles. The third-order valence-corrected chi connectivity index (χ3v) is 6.98. The van der Waals surface area contributed by atoms with Gasteiger partial charge in [-0.3, -0.25) is 4.79 Å². The Morgan fingerprint density at radius 3 is 1.90 bits per heavy atom. The first-order valence-corrected chi connectivity index (χ1v) is 12.6. The Balaban J connectivity index is 1.59. The first kappa shape index (κ1) is 29.8. The van der Waals surface area contributed by atoms with Crippen molar-refractivity contribution in [3.8, 4) is 40.1 Å². The molecule has 9 atom stereocenters. The Labute approximate surface area is 235 Å². The minimum Gasteiger partial charge on any atom is -0.507 e. The maximum absolute atomic E-state index is 13.6. The number of aromatic hydroxyl groups is 3.